The van der Waals surface area contributed by atoms with E-state index in [1.807, 2.05) is 0 Å². The van der Waals surface area contributed by atoms with Gasteiger partial charge in [-0.3, -0.25) is 0 Å². The smallest absolute Gasteiger partial charge is 0.00673 e. The molecule has 1 nitrogen and oxygen atoms in total. The zero-order valence-corrected chi connectivity index (χ0v) is 8.84. The Kier molecular flexibility index (Phi) is 2.92. The van der Waals surface area contributed by atoms with Crippen LogP contribution in [0, 0.1) is 17.8 Å². The minimum Gasteiger partial charge on any atom is -0.327 e. The van der Waals surface area contributed by atoms with Gasteiger partial charge in [0, 0.05) is 6.04 Å². The monoisotopic (exact) mass is 181 g/mol. The molecule has 2 saturated carbocycles. The Labute approximate surface area is 82.1 Å². The molecule has 0 aromatic rings. The summed E-state index contributed by atoms with van der Waals surface area (Å²) in [4.78, 5) is 0. The van der Waals surface area contributed by atoms with E-state index in [0.717, 1.165) is 17.8 Å². The zero-order chi connectivity index (χ0) is 9.26. The zero-order valence-electron chi connectivity index (χ0n) is 8.84. The van der Waals surface area contributed by atoms with Gasteiger partial charge in [-0.15, -0.1) is 0 Å². The number of unbranched alkanes of at least 4 members (excludes halogenated alkanes) is 2. The molecule has 2 fully saturated rings. The average Bonchev–Trinajstić information content (AvgIpc) is 2.74. The summed E-state index contributed by atoms with van der Waals surface area (Å²) < 4.78 is 0. The van der Waals surface area contributed by atoms with Crippen molar-refractivity contribution in [2.45, 2.75) is 57.9 Å². The molecule has 0 radical (unpaired) electrons. The molecule has 0 spiro atoms. The van der Waals surface area contributed by atoms with Crippen LogP contribution >= 0.6 is 0 Å². The van der Waals surface area contributed by atoms with Gasteiger partial charge in [0.25, 0.3) is 0 Å². The maximum Gasteiger partial charge on any atom is 0.00673 e. The first-order valence-electron chi connectivity index (χ1n) is 6.06. The molecule has 0 amide bonds. The van der Waals surface area contributed by atoms with Crippen LogP contribution in [0.5, 0.6) is 0 Å². The second kappa shape index (κ2) is 4.00. The van der Waals surface area contributed by atoms with Crippen LogP contribution in [-0.4, -0.2) is 6.04 Å². The first-order chi connectivity index (χ1) is 6.31. The Morgan fingerprint density at radius 2 is 1.85 bits per heavy atom. The van der Waals surface area contributed by atoms with Gasteiger partial charge in [-0.1, -0.05) is 26.2 Å². The van der Waals surface area contributed by atoms with Crippen molar-refractivity contribution in [3.63, 3.8) is 0 Å². The molecule has 3 unspecified atom stereocenters. The SMILES string of the molecule is CCCCCC(N)C1CC2CC2C1. The van der Waals surface area contributed by atoms with E-state index in [9.17, 15) is 0 Å². The molecule has 2 rings (SSSR count). The van der Waals surface area contributed by atoms with Gasteiger partial charge in [0.2, 0.25) is 0 Å². The fourth-order valence-corrected chi connectivity index (χ4v) is 2.98. The highest BCUT2D eigenvalue weighted by molar-refractivity contribution is 4.98. The van der Waals surface area contributed by atoms with E-state index >= 15 is 0 Å². The van der Waals surface area contributed by atoms with Gasteiger partial charge >= 0.3 is 0 Å². The van der Waals surface area contributed by atoms with Crippen molar-refractivity contribution < 1.29 is 0 Å². The summed E-state index contributed by atoms with van der Waals surface area (Å²) in [6, 6.07) is 0.527. The van der Waals surface area contributed by atoms with Gasteiger partial charge in [0.15, 0.2) is 0 Å². The third kappa shape index (κ3) is 2.25. The van der Waals surface area contributed by atoms with Gasteiger partial charge in [0.1, 0.15) is 0 Å². The van der Waals surface area contributed by atoms with Crippen LogP contribution in [0.25, 0.3) is 0 Å². The van der Waals surface area contributed by atoms with Crippen molar-refractivity contribution in [2.75, 3.05) is 0 Å². The summed E-state index contributed by atoms with van der Waals surface area (Å²) in [5.74, 6) is 3.09. The molecule has 0 heterocycles. The van der Waals surface area contributed by atoms with E-state index < -0.39 is 0 Å². The van der Waals surface area contributed by atoms with Crippen LogP contribution < -0.4 is 5.73 Å². The van der Waals surface area contributed by atoms with Gasteiger partial charge in [-0.2, -0.15) is 0 Å². The molecule has 2 N–H and O–H groups in total. The number of hydrogen-bond donors (Lipinski definition) is 1. The molecule has 0 bridgehead atoms. The third-order valence-electron chi connectivity index (χ3n) is 4.03. The highest BCUT2D eigenvalue weighted by Crippen LogP contribution is 2.55. The van der Waals surface area contributed by atoms with E-state index in [2.05, 4.69) is 6.92 Å². The summed E-state index contributed by atoms with van der Waals surface area (Å²) in [5, 5.41) is 0. The van der Waals surface area contributed by atoms with E-state index in [0.29, 0.717) is 6.04 Å². The van der Waals surface area contributed by atoms with E-state index in [4.69, 9.17) is 5.73 Å². The maximum absolute atomic E-state index is 6.20. The first-order valence-corrected chi connectivity index (χ1v) is 6.06. The summed E-state index contributed by atoms with van der Waals surface area (Å²) in [7, 11) is 0. The molecule has 2 aliphatic carbocycles. The lowest BCUT2D eigenvalue weighted by Gasteiger charge is -2.20. The largest absolute Gasteiger partial charge is 0.327 e. The summed E-state index contributed by atoms with van der Waals surface area (Å²) >= 11 is 0. The highest BCUT2D eigenvalue weighted by Gasteiger charge is 2.46. The predicted molar refractivity (Wildman–Crippen MR) is 56.4 cm³/mol. The Bertz CT molecular complexity index is 157. The van der Waals surface area contributed by atoms with Crippen molar-refractivity contribution >= 4 is 0 Å². The minimum absolute atomic E-state index is 0.527. The lowest BCUT2D eigenvalue weighted by molar-refractivity contribution is 0.368. The third-order valence-corrected chi connectivity index (χ3v) is 4.03. The Hall–Kier alpha value is -0.0400. The van der Waals surface area contributed by atoms with Crippen LogP contribution in [-0.2, 0) is 0 Å². The van der Waals surface area contributed by atoms with Crippen LogP contribution in [0.15, 0.2) is 0 Å². The molecular weight excluding hydrogens is 158 g/mol. The van der Waals surface area contributed by atoms with Crippen molar-refractivity contribution in [1.29, 1.82) is 0 Å². The predicted octanol–water partition coefficient (Wildman–Crippen LogP) is 2.94. The number of fused-ring (bicyclic) bond motifs is 1. The summed E-state index contributed by atoms with van der Waals surface area (Å²) in [5.41, 5.74) is 6.20. The highest BCUT2D eigenvalue weighted by atomic mass is 14.7. The standard InChI is InChI=1S/C12H23N/c1-2-3-4-5-12(13)11-7-9-6-10(9)8-11/h9-12H,2-8,13H2,1H3. The molecule has 2 aliphatic rings. The minimum atomic E-state index is 0.527. The lowest BCUT2D eigenvalue weighted by Crippen LogP contribution is -2.29. The van der Waals surface area contributed by atoms with Crippen LogP contribution in [0.2, 0.25) is 0 Å². The lowest BCUT2D eigenvalue weighted by atomic mass is 9.91. The van der Waals surface area contributed by atoms with E-state index in [1.54, 1.807) is 0 Å². The summed E-state index contributed by atoms with van der Waals surface area (Å²) in [6.45, 7) is 2.26. The van der Waals surface area contributed by atoms with Crippen molar-refractivity contribution in [2.24, 2.45) is 23.5 Å². The second-order valence-electron chi connectivity index (χ2n) is 5.15. The average molecular weight is 181 g/mol. The van der Waals surface area contributed by atoms with E-state index in [1.165, 1.54) is 44.9 Å². The van der Waals surface area contributed by atoms with Gasteiger partial charge in [0.05, 0.1) is 0 Å². The van der Waals surface area contributed by atoms with Crippen LogP contribution in [0.4, 0.5) is 0 Å². The van der Waals surface area contributed by atoms with Crippen molar-refractivity contribution in [3.8, 4) is 0 Å². The van der Waals surface area contributed by atoms with Crippen molar-refractivity contribution in [3.05, 3.63) is 0 Å². The fourth-order valence-electron chi connectivity index (χ4n) is 2.98. The normalized spacial score (nSPS) is 38.8. The fraction of sp³-hybridized carbons (Fsp3) is 1.00. The molecular formula is C12H23N. The van der Waals surface area contributed by atoms with Crippen LogP contribution in [0.1, 0.15) is 51.9 Å². The number of nitrogens with two attached hydrogens (primary N) is 1. The second-order valence-corrected chi connectivity index (χ2v) is 5.15. The molecule has 0 aromatic carbocycles. The Morgan fingerprint density at radius 1 is 1.15 bits per heavy atom. The Balaban J connectivity index is 1.63. The Morgan fingerprint density at radius 3 is 2.46 bits per heavy atom. The summed E-state index contributed by atoms with van der Waals surface area (Å²) in [6.07, 6.45) is 9.76. The van der Waals surface area contributed by atoms with Crippen molar-refractivity contribution in [1.82, 2.24) is 0 Å². The first kappa shape index (κ1) is 9.51. The molecule has 76 valence electrons. The van der Waals surface area contributed by atoms with Gasteiger partial charge in [-0.05, 0) is 43.4 Å². The number of rotatable bonds is 5. The molecule has 13 heavy (non-hydrogen) atoms. The van der Waals surface area contributed by atoms with Gasteiger partial charge < -0.3 is 5.73 Å². The molecule has 1 heteroatoms. The van der Waals surface area contributed by atoms with E-state index in [-0.39, 0.29) is 0 Å². The molecule has 0 aromatic heterocycles. The van der Waals surface area contributed by atoms with Crippen LogP contribution in [0.3, 0.4) is 0 Å². The topological polar surface area (TPSA) is 26.0 Å². The van der Waals surface area contributed by atoms with Gasteiger partial charge in [-0.25, -0.2) is 0 Å². The molecule has 3 atom stereocenters. The molecule has 0 saturated heterocycles. The quantitative estimate of drug-likeness (QED) is 0.648. The maximum atomic E-state index is 6.20. The molecule has 0 aliphatic heterocycles. The number of hydrogen-bond acceptors (Lipinski definition) is 1.